The van der Waals surface area contributed by atoms with Crippen LogP contribution in [0.2, 0.25) is 0 Å². The van der Waals surface area contributed by atoms with E-state index in [1.807, 2.05) is 11.6 Å². The molecule has 0 saturated heterocycles. The fourth-order valence-electron chi connectivity index (χ4n) is 1.02. The maximum Gasteiger partial charge on any atom is 0.0802 e. The maximum absolute atomic E-state index is 5.55. The van der Waals surface area contributed by atoms with E-state index in [1.54, 1.807) is 22.7 Å². The quantitative estimate of drug-likeness (QED) is 0.800. The van der Waals surface area contributed by atoms with Crippen molar-refractivity contribution in [3.8, 4) is 9.75 Å². The highest BCUT2D eigenvalue weighted by Crippen LogP contribution is 2.30. The molecule has 0 fully saturated rings. The molecule has 0 aromatic carbocycles. The first-order chi connectivity index (χ1) is 5.92. The van der Waals surface area contributed by atoms with Crippen LogP contribution in [0.1, 0.15) is 5.69 Å². The van der Waals surface area contributed by atoms with Crippen molar-refractivity contribution in [3.63, 3.8) is 0 Å². The minimum atomic E-state index is 0.525. The van der Waals surface area contributed by atoms with Gasteiger partial charge in [-0.05, 0) is 11.4 Å². The smallest absolute Gasteiger partial charge is 0.0802 e. The van der Waals surface area contributed by atoms with Crippen LogP contribution in [0.25, 0.3) is 9.75 Å². The van der Waals surface area contributed by atoms with E-state index in [0.717, 1.165) is 5.69 Å². The monoisotopic (exact) mass is 196 g/mol. The Morgan fingerprint density at radius 3 is 3.00 bits per heavy atom. The standard InChI is InChI=1S/C8H8N2S2/c9-4-6-8(12-5-10-6)7-2-1-3-11-7/h1-3,5H,4,9H2. The minimum Gasteiger partial charge on any atom is -0.325 e. The molecule has 0 aliphatic rings. The fourth-order valence-corrected chi connectivity index (χ4v) is 2.74. The van der Waals surface area contributed by atoms with Gasteiger partial charge in [-0.2, -0.15) is 0 Å². The highest BCUT2D eigenvalue weighted by Gasteiger charge is 2.06. The predicted octanol–water partition coefficient (Wildman–Crippen LogP) is 2.33. The molecule has 2 aromatic rings. The lowest BCUT2D eigenvalue weighted by Crippen LogP contribution is -1.97. The second-order valence-corrected chi connectivity index (χ2v) is 4.11. The Balaban J connectivity index is 2.46. The summed E-state index contributed by atoms with van der Waals surface area (Å²) in [7, 11) is 0. The third kappa shape index (κ3) is 1.29. The SMILES string of the molecule is NCc1ncsc1-c1cccs1. The van der Waals surface area contributed by atoms with Gasteiger partial charge in [0, 0.05) is 11.4 Å². The molecule has 12 heavy (non-hydrogen) atoms. The van der Waals surface area contributed by atoms with Crippen LogP contribution in [0.15, 0.2) is 23.0 Å². The van der Waals surface area contributed by atoms with Gasteiger partial charge in [0.15, 0.2) is 0 Å². The normalized spacial score (nSPS) is 10.4. The lowest BCUT2D eigenvalue weighted by Gasteiger charge is -1.93. The van der Waals surface area contributed by atoms with E-state index >= 15 is 0 Å². The van der Waals surface area contributed by atoms with Crippen molar-refractivity contribution in [1.82, 2.24) is 4.98 Å². The molecule has 0 aliphatic heterocycles. The van der Waals surface area contributed by atoms with E-state index in [4.69, 9.17) is 5.73 Å². The van der Waals surface area contributed by atoms with Gasteiger partial charge in [0.1, 0.15) is 0 Å². The van der Waals surface area contributed by atoms with E-state index in [2.05, 4.69) is 16.4 Å². The number of hydrogen-bond donors (Lipinski definition) is 1. The average molecular weight is 196 g/mol. The minimum absolute atomic E-state index is 0.525. The van der Waals surface area contributed by atoms with Gasteiger partial charge in [0.05, 0.1) is 16.1 Å². The Bertz CT molecular complexity index is 351. The Kier molecular flexibility index (Phi) is 2.21. The van der Waals surface area contributed by atoms with Gasteiger partial charge in [-0.15, -0.1) is 22.7 Å². The number of aromatic nitrogens is 1. The van der Waals surface area contributed by atoms with E-state index in [9.17, 15) is 0 Å². The van der Waals surface area contributed by atoms with Gasteiger partial charge in [0.2, 0.25) is 0 Å². The van der Waals surface area contributed by atoms with Crippen LogP contribution in [0.4, 0.5) is 0 Å². The summed E-state index contributed by atoms with van der Waals surface area (Å²) in [6, 6.07) is 4.14. The van der Waals surface area contributed by atoms with Gasteiger partial charge in [-0.25, -0.2) is 4.98 Å². The molecule has 2 heterocycles. The summed E-state index contributed by atoms with van der Waals surface area (Å²) in [5.74, 6) is 0. The third-order valence-electron chi connectivity index (χ3n) is 1.58. The lowest BCUT2D eigenvalue weighted by molar-refractivity contribution is 1.01. The number of thiophene rings is 1. The Hall–Kier alpha value is -0.710. The molecular weight excluding hydrogens is 188 g/mol. The number of rotatable bonds is 2. The maximum atomic E-state index is 5.55. The van der Waals surface area contributed by atoms with E-state index in [1.165, 1.54) is 9.75 Å². The van der Waals surface area contributed by atoms with E-state index in [0.29, 0.717) is 6.54 Å². The summed E-state index contributed by atoms with van der Waals surface area (Å²) < 4.78 is 0. The van der Waals surface area contributed by atoms with Crippen LogP contribution in [-0.4, -0.2) is 4.98 Å². The Morgan fingerprint density at radius 1 is 1.42 bits per heavy atom. The molecule has 0 spiro atoms. The molecule has 0 amide bonds. The molecule has 0 atom stereocenters. The second kappa shape index (κ2) is 3.35. The Labute approximate surface area is 78.7 Å². The molecule has 0 radical (unpaired) electrons. The van der Waals surface area contributed by atoms with Crippen LogP contribution in [0.5, 0.6) is 0 Å². The summed E-state index contributed by atoms with van der Waals surface area (Å²) in [6.45, 7) is 0.525. The van der Waals surface area contributed by atoms with Crippen molar-refractivity contribution in [2.24, 2.45) is 5.73 Å². The average Bonchev–Trinajstić information content (AvgIpc) is 2.74. The van der Waals surface area contributed by atoms with E-state index < -0.39 is 0 Å². The van der Waals surface area contributed by atoms with Crippen LogP contribution in [-0.2, 0) is 6.54 Å². The second-order valence-electron chi connectivity index (χ2n) is 2.31. The van der Waals surface area contributed by atoms with Gasteiger partial charge in [-0.3, -0.25) is 0 Å². The molecule has 0 saturated carbocycles. The van der Waals surface area contributed by atoms with Gasteiger partial charge >= 0.3 is 0 Å². The van der Waals surface area contributed by atoms with Crippen LogP contribution < -0.4 is 5.73 Å². The van der Waals surface area contributed by atoms with Crippen molar-refractivity contribution in [2.75, 3.05) is 0 Å². The molecule has 62 valence electrons. The van der Waals surface area contributed by atoms with E-state index in [-0.39, 0.29) is 0 Å². The Morgan fingerprint density at radius 2 is 2.33 bits per heavy atom. The number of hydrogen-bond acceptors (Lipinski definition) is 4. The van der Waals surface area contributed by atoms with Gasteiger partial charge in [0.25, 0.3) is 0 Å². The number of nitrogens with zero attached hydrogens (tertiary/aromatic N) is 1. The lowest BCUT2D eigenvalue weighted by atomic mass is 10.3. The zero-order valence-corrected chi connectivity index (χ0v) is 7.99. The molecule has 0 aliphatic carbocycles. The van der Waals surface area contributed by atoms with Crippen LogP contribution in [0, 0.1) is 0 Å². The fraction of sp³-hybridized carbons (Fsp3) is 0.125. The summed E-state index contributed by atoms with van der Waals surface area (Å²) in [6.07, 6.45) is 0. The van der Waals surface area contributed by atoms with Crippen molar-refractivity contribution in [2.45, 2.75) is 6.54 Å². The molecule has 2 N–H and O–H groups in total. The van der Waals surface area contributed by atoms with Crippen LogP contribution in [0.3, 0.4) is 0 Å². The third-order valence-corrected chi connectivity index (χ3v) is 3.50. The van der Waals surface area contributed by atoms with Crippen molar-refractivity contribution < 1.29 is 0 Å². The molecular formula is C8H8N2S2. The summed E-state index contributed by atoms with van der Waals surface area (Å²) in [5.41, 5.74) is 8.40. The summed E-state index contributed by atoms with van der Waals surface area (Å²) in [5, 5.41) is 2.06. The molecule has 2 aromatic heterocycles. The first kappa shape index (κ1) is 7.91. The highest BCUT2D eigenvalue weighted by molar-refractivity contribution is 7.20. The van der Waals surface area contributed by atoms with Crippen molar-refractivity contribution in [1.29, 1.82) is 0 Å². The molecule has 4 heteroatoms. The molecule has 2 rings (SSSR count). The summed E-state index contributed by atoms with van der Waals surface area (Å²) in [4.78, 5) is 6.67. The van der Waals surface area contributed by atoms with Gasteiger partial charge < -0.3 is 5.73 Å². The largest absolute Gasteiger partial charge is 0.325 e. The predicted molar refractivity (Wildman–Crippen MR) is 53.3 cm³/mol. The first-order valence-corrected chi connectivity index (χ1v) is 5.34. The number of nitrogens with two attached hydrogens (primary N) is 1. The first-order valence-electron chi connectivity index (χ1n) is 3.58. The van der Waals surface area contributed by atoms with Crippen molar-refractivity contribution >= 4 is 22.7 Å². The molecule has 0 unspecified atom stereocenters. The van der Waals surface area contributed by atoms with Crippen LogP contribution >= 0.6 is 22.7 Å². The highest BCUT2D eigenvalue weighted by atomic mass is 32.1. The number of thiazole rings is 1. The summed E-state index contributed by atoms with van der Waals surface area (Å²) >= 11 is 3.38. The van der Waals surface area contributed by atoms with Crippen molar-refractivity contribution in [3.05, 3.63) is 28.7 Å². The zero-order chi connectivity index (χ0) is 8.39. The van der Waals surface area contributed by atoms with Gasteiger partial charge in [-0.1, -0.05) is 6.07 Å². The molecule has 2 nitrogen and oxygen atoms in total. The zero-order valence-electron chi connectivity index (χ0n) is 6.36. The topological polar surface area (TPSA) is 38.9 Å². The molecule has 0 bridgehead atoms.